The molecule has 1 N–H and O–H groups in total. The lowest BCUT2D eigenvalue weighted by molar-refractivity contribution is 0.225. The maximum atomic E-state index is 6.32. The first-order valence-electron chi connectivity index (χ1n) is 11.7. The Morgan fingerprint density at radius 1 is 1.15 bits per heavy atom. The van der Waals surface area contributed by atoms with E-state index in [1.54, 1.807) is 6.20 Å². The fourth-order valence-corrected chi connectivity index (χ4v) is 6.79. The van der Waals surface area contributed by atoms with Crippen LogP contribution in [0.1, 0.15) is 36.3 Å². The number of pyridine rings is 1. The van der Waals surface area contributed by atoms with Gasteiger partial charge in [-0.15, -0.1) is 0 Å². The highest BCUT2D eigenvalue weighted by Gasteiger charge is 2.45. The molecule has 34 heavy (non-hydrogen) atoms. The summed E-state index contributed by atoms with van der Waals surface area (Å²) < 4.78 is 6.32. The van der Waals surface area contributed by atoms with Crippen molar-refractivity contribution >= 4 is 28.5 Å². The van der Waals surface area contributed by atoms with Crippen LogP contribution >= 0.6 is 11.8 Å². The fourth-order valence-electron chi connectivity index (χ4n) is 5.31. The predicted octanol–water partition coefficient (Wildman–Crippen LogP) is 5.12. The summed E-state index contributed by atoms with van der Waals surface area (Å²) in [6.07, 6.45) is 4.92. The molecule has 2 saturated heterocycles. The van der Waals surface area contributed by atoms with Crippen LogP contribution in [0.2, 0.25) is 0 Å². The highest BCUT2D eigenvalue weighted by molar-refractivity contribution is 7.99. The van der Waals surface area contributed by atoms with E-state index < -0.39 is 0 Å². The summed E-state index contributed by atoms with van der Waals surface area (Å²) in [5.74, 6) is 4.44. The monoisotopic (exact) mass is 472 g/mol. The molecule has 0 aliphatic carbocycles. The Bertz CT molecular complexity index is 1320. The van der Waals surface area contributed by atoms with Gasteiger partial charge in [0.05, 0.1) is 17.4 Å². The van der Waals surface area contributed by atoms with E-state index in [0.29, 0.717) is 5.41 Å². The first-order chi connectivity index (χ1) is 16.5. The molecule has 0 bridgehead atoms. The molecule has 3 aromatic heterocycles. The second-order valence-electron chi connectivity index (χ2n) is 9.63. The van der Waals surface area contributed by atoms with Crippen molar-refractivity contribution in [1.82, 2.24) is 25.4 Å². The van der Waals surface area contributed by atoms with Gasteiger partial charge in [0, 0.05) is 47.0 Å². The molecule has 0 radical (unpaired) electrons. The van der Waals surface area contributed by atoms with Crippen LogP contribution in [-0.4, -0.2) is 50.0 Å². The number of thioether (sulfide) groups is 1. The molecule has 1 aromatic carbocycles. The smallest absolute Gasteiger partial charge is 0.128 e. The molecular formula is C26H28N6OS. The van der Waals surface area contributed by atoms with Gasteiger partial charge < -0.3 is 9.64 Å². The van der Waals surface area contributed by atoms with Crippen LogP contribution in [0.15, 0.2) is 42.7 Å². The fraction of sp³-hybridized carbons (Fsp3) is 0.385. The van der Waals surface area contributed by atoms with Crippen LogP contribution in [0, 0.1) is 19.3 Å². The summed E-state index contributed by atoms with van der Waals surface area (Å²) in [6.45, 7) is 8.31. The lowest BCUT2D eigenvalue weighted by atomic mass is 9.79. The second kappa shape index (κ2) is 8.27. The second-order valence-corrected chi connectivity index (χ2v) is 10.7. The SMILES string of the molecule is Cc1cnnc(C)c1[C@H](C)Oc1ccc2[nH]nc(-c3ccc(N4CC5(CCSC5)C4)nc3)c2c1. The molecule has 2 aliphatic rings. The highest BCUT2D eigenvalue weighted by atomic mass is 32.2. The Balaban J connectivity index is 1.23. The molecule has 0 amide bonds. The molecule has 174 valence electrons. The summed E-state index contributed by atoms with van der Waals surface area (Å²) in [5.41, 5.74) is 6.43. The highest BCUT2D eigenvalue weighted by Crippen LogP contribution is 2.44. The Kier molecular flexibility index (Phi) is 5.21. The van der Waals surface area contributed by atoms with Crippen molar-refractivity contribution in [1.29, 1.82) is 0 Å². The van der Waals surface area contributed by atoms with Gasteiger partial charge in [-0.25, -0.2) is 4.98 Å². The maximum Gasteiger partial charge on any atom is 0.128 e. The molecule has 7 nitrogen and oxygen atoms in total. The summed E-state index contributed by atoms with van der Waals surface area (Å²) in [7, 11) is 0. The van der Waals surface area contributed by atoms with Gasteiger partial charge in [0.15, 0.2) is 0 Å². The van der Waals surface area contributed by atoms with Crippen molar-refractivity contribution in [3.63, 3.8) is 0 Å². The Morgan fingerprint density at radius 3 is 2.76 bits per heavy atom. The summed E-state index contributed by atoms with van der Waals surface area (Å²) in [6, 6.07) is 10.3. The Hall–Kier alpha value is -3.13. The van der Waals surface area contributed by atoms with Crippen LogP contribution < -0.4 is 9.64 Å². The molecule has 1 atom stereocenters. The number of aryl methyl sites for hydroxylation is 2. The molecule has 5 heterocycles. The number of rotatable bonds is 5. The normalized spacial score (nSPS) is 17.8. The van der Waals surface area contributed by atoms with Gasteiger partial charge in [-0.1, -0.05) is 0 Å². The minimum atomic E-state index is -0.137. The third kappa shape index (κ3) is 3.70. The first kappa shape index (κ1) is 21.4. The molecule has 8 heteroatoms. The number of nitrogens with zero attached hydrogens (tertiary/aromatic N) is 5. The number of fused-ring (bicyclic) bond motifs is 1. The molecule has 6 rings (SSSR count). The number of ether oxygens (including phenoxy) is 1. The van der Waals surface area contributed by atoms with E-state index in [0.717, 1.165) is 63.6 Å². The summed E-state index contributed by atoms with van der Waals surface area (Å²) in [5, 5.41) is 17.0. The van der Waals surface area contributed by atoms with E-state index in [2.05, 4.69) is 55.3 Å². The van der Waals surface area contributed by atoms with E-state index in [4.69, 9.17) is 9.72 Å². The summed E-state index contributed by atoms with van der Waals surface area (Å²) in [4.78, 5) is 7.16. The van der Waals surface area contributed by atoms with Crippen LogP contribution in [0.3, 0.4) is 0 Å². The molecule has 0 saturated carbocycles. The number of hydrogen-bond acceptors (Lipinski definition) is 7. The van der Waals surface area contributed by atoms with Gasteiger partial charge in [-0.2, -0.15) is 27.1 Å². The largest absolute Gasteiger partial charge is 0.486 e. The van der Waals surface area contributed by atoms with Crippen molar-refractivity contribution in [3.05, 3.63) is 59.5 Å². The lowest BCUT2D eigenvalue weighted by Crippen LogP contribution is -2.56. The molecule has 2 fully saturated rings. The van der Waals surface area contributed by atoms with Gasteiger partial charge in [0.2, 0.25) is 0 Å². The number of aromatic amines is 1. The molecular weight excluding hydrogens is 444 g/mol. The van der Waals surface area contributed by atoms with Crippen molar-refractivity contribution in [2.75, 3.05) is 29.5 Å². The topological polar surface area (TPSA) is 79.8 Å². The van der Waals surface area contributed by atoms with Crippen molar-refractivity contribution in [3.8, 4) is 17.0 Å². The van der Waals surface area contributed by atoms with Gasteiger partial charge in [0.25, 0.3) is 0 Å². The van der Waals surface area contributed by atoms with E-state index in [9.17, 15) is 0 Å². The van der Waals surface area contributed by atoms with E-state index in [1.807, 2.05) is 39.1 Å². The quantitative estimate of drug-likeness (QED) is 0.432. The van der Waals surface area contributed by atoms with Crippen molar-refractivity contribution in [2.24, 2.45) is 5.41 Å². The van der Waals surface area contributed by atoms with E-state index in [-0.39, 0.29) is 6.10 Å². The Labute approximate surface area is 203 Å². The number of benzene rings is 1. The van der Waals surface area contributed by atoms with Gasteiger partial charge in [0.1, 0.15) is 23.4 Å². The zero-order valence-electron chi connectivity index (χ0n) is 19.7. The van der Waals surface area contributed by atoms with Gasteiger partial charge >= 0.3 is 0 Å². The molecule has 4 aromatic rings. The average Bonchev–Trinajstić information content (AvgIpc) is 3.46. The average molecular weight is 473 g/mol. The number of nitrogens with one attached hydrogen (secondary N) is 1. The third-order valence-corrected chi connectivity index (χ3v) is 8.42. The van der Waals surface area contributed by atoms with E-state index in [1.165, 1.54) is 17.9 Å². The molecule has 1 spiro atoms. The van der Waals surface area contributed by atoms with Gasteiger partial charge in [-0.3, -0.25) is 5.10 Å². The van der Waals surface area contributed by atoms with Crippen LogP contribution in [-0.2, 0) is 0 Å². The van der Waals surface area contributed by atoms with Crippen molar-refractivity contribution < 1.29 is 4.74 Å². The minimum Gasteiger partial charge on any atom is -0.486 e. The third-order valence-electron chi connectivity index (χ3n) is 7.11. The van der Waals surface area contributed by atoms with Crippen LogP contribution in [0.4, 0.5) is 5.82 Å². The van der Waals surface area contributed by atoms with E-state index >= 15 is 0 Å². The van der Waals surface area contributed by atoms with Crippen molar-refractivity contribution in [2.45, 2.75) is 33.3 Å². The molecule has 0 unspecified atom stereocenters. The number of hydrogen-bond donors (Lipinski definition) is 1. The summed E-state index contributed by atoms with van der Waals surface area (Å²) >= 11 is 2.09. The van der Waals surface area contributed by atoms with Crippen LogP contribution in [0.25, 0.3) is 22.2 Å². The minimum absolute atomic E-state index is 0.137. The predicted molar refractivity (Wildman–Crippen MR) is 136 cm³/mol. The zero-order valence-corrected chi connectivity index (χ0v) is 20.5. The number of aromatic nitrogens is 5. The van der Waals surface area contributed by atoms with Crippen LogP contribution in [0.5, 0.6) is 5.75 Å². The Morgan fingerprint density at radius 2 is 2.03 bits per heavy atom. The van der Waals surface area contributed by atoms with Gasteiger partial charge in [-0.05, 0) is 68.8 Å². The first-order valence-corrected chi connectivity index (χ1v) is 12.9. The number of anilines is 1. The standard InChI is InChI=1S/C26H28N6OS/c1-16-11-28-29-17(2)24(16)18(3)33-20-5-6-22-21(10-20)25(31-30-22)19-4-7-23(27-12-19)32-13-26(14-32)8-9-34-15-26/h4-7,10-12,18H,8-9,13-15H2,1-3H3,(H,30,31)/t18-/m0/s1. The zero-order chi connectivity index (χ0) is 23.3. The lowest BCUT2D eigenvalue weighted by Gasteiger charge is -2.48. The maximum absolute atomic E-state index is 6.32. The number of H-pyrrole nitrogens is 1. The molecule has 2 aliphatic heterocycles.